The predicted octanol–water partition coefficient (Wildman–Crippen LogP) is 0.948. The van der Waals surface area contributed by atoms with E-state index in [1.54, 1.807) is 30.6 Å². The van der Waals surface area contributed by atoms with Gasteiger partial charge in [-0.3, -0.25) is 4.79 Å². The molecular weight excluding hydrogens is 228 g/mol. The lowest BCUT2D eigenvalue weighted by Gasteiger charge is -2.00. The predicted molar refractivity (Wildman–Crippen MR) is 69.8 cm³/mol. The fraction of sp³-hybridized carbons (Fsp3) is 0. The van der Waals surface area contributed by atoms with E-state index in [1.165, 1.54) is 12.5 Å². The van der Waals surface area contributed by atoms with Crippen LogP contribution in [0, 0.1) is 0 Å². The van der Waals surface area contributed by atoms with Gasteiger partial charge < -0.3 is 11.5 Å². The number of hydrogen-bond acceptors (Lipinski definition) is 4. The summed E-state index contributed by atoms with van der Waals surface area (Å²) in [6.45, 7) is 0. The van der Waals surface area contributed by atoms with Gasteiger partial charge in [-0.2, -0.15) is 0 Å². The Labute approximate surface area is 105 Å². The van der Waals surface area contributed by atoms with E-state index < -0.39 is 5.91 Å². The van der Waals surface area contributed by atoms with Crippen molar-refractivity contribution in [1.82, 2.24) is 9.97 Å². The average molecular weight is 242 g/mol. The smallest absolute Gasteiger partial charge is 0.250 e. The minimum absolute atomic E-state index is 0.343. The zero-order valence-electron chi connectivity index (χ0n) is 9.73. The van der Waals surface area contributed by atoms with Gasteiger partial charge in [0.25, 0.3) is 5.91 Å². The lowest BCUT2D eigenvalue weighted by Crippen LogP contribution is -2.14. The average Bonchev–Trinajstić information content (AvgIpc) is 2.43. The molecule has 2 aromatic rings. The van der Waals surface area contributed by atoms with E-state index in [1.807, 2.05) is 18.2 Å². The van der Waals surface area contributed by atoms with Crippen molar-refractivity contribution < 1.29 is 4.79 Å². The van der Waals surface area contributed by atoms with Crippen LogP contribution >= 0.6 is 0 Å². The Morgan fingerprint density at radius 3 is 2.00 bits per heavy atom. The van der Waals surface area contributed by atoms with E-state index in [9.17, 15) is 4.79 Å². The number of rotatable bonds is 2. The second-order valence-corrected chi connectivity index (χ2v) is 3.21. The molecule has 0 saturated heterocycles. The topological polar surface area (TPSA) is 94.9 Å². The standard InChI is InChI=1S/C9H10N2O.C4H4N2/c10-6-8(9(11)12)7-4-2-1-3-5-7;1-2-5-4-6-3-1/h1-6H,10H2,(H2,11,12);1-4H. The summed E-state index contributed by atoms with van der Waals surface area (Å²) in [7, 11) is 0. The summed E-state index contributed by atoms with van der Waals surface area (Å²) >= 11 is 0. The Morgan fingerprint density at radius 1 is 1.06 bits per heavy atom. The first-order chi connectivity index (χ1) is 8.75. The van der Waals surface area contributed by atoms with Gasteiger partial charge in [0.15, 0.2) is 0 Å². The largest absolute Gasteiger partial charge is 0.404 e. The third-order valence-electron chi connectivity index (χ3n) is 1.99. The zero-order valence-corrected chi connectivity index (χ0v) is 9.73. The van der Waals surface area contributed by atoms with Gasteiger partial charge in [-0.1, -0.05) is 30.3 Å². The molecule has 0 aliphatic rings. The Kier molecular flexibility index (Phi) is 5.62. The summed E-state index contributed by atoms with van der Waals surface area (Å²) in [5, 5.41) is 0. The molecule has 0 aliphatic heterocycles. The fourth-order valence-electron chi connectivity index (χ4n) is 1.19. The molecule has 0 fully saturated rings. The highest BCUT2D eigenvalue weighted by Crippen LogP contribution is 2.11. The first-order valence-corrected chi connectivity index (χ1v) is 5.22. The number of amides is 1. The van der Waals surface area contributed by atoms with Crippen molar-refractivity contribution in [2.75, 3.05) is 0 Å². The minimum Gasteiger partial charge on any atom is -0.404 e. The molecular formula is C13H14N4O. The fourth-order valence-corrected chi connectivity index (χ4v) is 1.19. The molecule has 0 atom stereocenters. The second-order valence-electron chi connectivity index (χ2n) is 3.21. The molecule has 0 unspecified atom stereocenters. The molecule has 5 nitrogen and oxygen atoms in total. The van der Waals surface area contributed by atoms with E-state index >= 15 is 0 Å². The first-order valence-electron chi connectivity index (χ1n) is 5.22. The van der Waals surface area contributed by atoms with Crippen LogP contribution < -0.4 is 11.5 Å². The normalized spacial score (nSPS) is 10.1. The number of aromatic nitrogens is 2. The first kappa shape index (κ1) is 13.4. The summed E-state index contributed by atoms with van der Waals surface area (Å²) in [4.78, 5) is 18.2. The van der Waals surface area contributed by atoms with E-state index in [2.05, 4.69) is 9.97 Å². The molecule has 1 heterocycles. The molecule has 92 valence electrons. The number of carbonyl (C=O) groups is 1. The van der Waals surface area contributed by atoms with Gasteiger partial charge in [0.1, 0.15) is 6.33 Å². The Hall–Kier alpha value is -2.69. The number of benzene rings is 1. The SMILES string of the molecule is NC=C(C(N)=O)c1ccccc1.c1cncnc1. The van der Waals surface area contributed by atoms with Crippen molar-refractivity contribution in [2.24, 2.45) is 11.5 Å². The van der Waals surface area contributed by atoms with Crippen molar-refractivity contribution in [1.29, 1.82) is 0 Å². The van der Waals surface area contributed by atoms with Crippen LogP contribution in [0.25, 0.3) is 5.57 Å². The zero-order chi connectivity index (χ0) is 13.2. The third kappa shape index (κ3) is 4.44. The van der Waals surface area contributed by atoms with Crippen molar-refractivity contribution in [3.63, 3.8) is 0 Å². The molecule has 0 aliphatic carbocycles. The number of nitrogens with two attached hydrogens (primary N) is 2. The third-order valence-corrected chi connectivity index (χ3v) is 1.99. The number of primary amides is 1. The number of nitrogens with zero attached hydrogens (tertiary/aromatic N) is 2. The van der Waals surface area contributed by atoms with Crippen molar-refractivity contribution in [2.45, 2.75) is 0 Å². The van der Waals surface area contributed by atoms with E-state index in [4.69, 9.17) is 11.5 Å². The maximum atomic E-state index is 10.8. The lowest BCUT2D eigenvalue weighted by molar-refractivity contribution is -0.112. The van der Waals surface area contributed by atoms with Crippen LogP contribution in [0.3, 0.4) is 0 Å². The van der Waals surface area contributed by atoms with Crippen LogP contribution in [0.1, 0.15) is 5.56 Å². The van der Waals surface area contributed by atoms with Crippen molar-refractivity contribution >= 4 is 11.5 Å². The summed E-state index contributed by atoms with van der Waals surface area (Å²) in [6.07, 6.45) is 6.09. The molecule has 0 saturated carbocycles. The molecule has 1 aromatic carbocycles. The Balaban J connectivity index is 0.000000225. The van der Waals surface area contributed by atoms with Crippen LogP contribution in [-0.4, -0.2) is 15.9 Å². The summed E-state index contributed by atoms with van der Waals surface area (Å²) in [6, 6.07) is 10.8. The van der Waals surface area contributed by atoms with Gasteiger partial charge in [0.2, 0.25) is 0 Å². The molecule has 0 spiro atoms. The summed E-state index contributed by atoms with van der Waals surface area (Å²) < 4.78 is 0. The van der Waals surface area contributed by atoms with Crippen LogP contribution in [0.2, 0.25) is 0 Å². The summed E-state index contributed by atoms with van der Waals surface area (Å²) in [5.74, 6) is -0.510. The minimum atomic E-state index is -0.510. The monoisotopic (exact) mass is 242 g/mol. The molecule has 1 amide bonds. The number of carbonyl (C=O) groups excluding carboxylic acids is 1. The molecule has 0 radical (unpaired) electrons. The van der Waals surface area contributed by atoms with E-state index in [-0.39, 0.29) is 0 Å². The number of hydrogen-bond donors (Lipinski definition) is 2. The van der Waals surface area contributed by atoms with Crippen molar-refractivity contribution in [3.05, 3.63) is 66.9 Å². The van der Waals surface area contributed by atoms with Gasteiger partial charge >= 0.3 is 0 Å². The Morgan fingerprint density at radius 2 is 1.67 bits per heavy atom. The van der Waals surface area contributed by atoms with Gasteiger partial charge in [-0.25, -0.2) is 9.97 Å². The van der Waals surface area contributed by atoms with Crippen LogP contribution in [0.15, 0.2) is 61.3 Å². The molecule has 0 bridgehead atoms. The molecule has 2 rings (SSSR count). The Bertz CT molecular complexity index is 470. The van der Waals surface area contributed by atoms with E-state index in [0.717, 1.165) is 5.56 Å². The highest BCUT2D eigenvalue weighted by molar-refractivity contribution is 6.18. The van der Waals surface area contributed by atoms with Crippen LogP contribution in [0.5, 0.6) is 0 Å². The van der Waals surface area contributed by atoms with Crippen LogP contribution in [0.4, 0.5) is 0 Å². The highest BCUT2D eigenvalue weighted by Gasteiger charge is 2.05. The maximum absolute atomic E-state index is 10.8. The molecule has 1 aromatic heterocycles. The van der Waals surface area contributed by atoms with E-state index in [0.29, 0.717) is 5.57 Å². The second kappa shape index (κ2) is 7.56. The van der Waals surface area contributed by atoms with Crippen LogP contribution in [-0.2, 0) is 4.79 Å². The molecule has 5 heteroatoms. The lowest BCUT2D eigenvalue weighted by atomic mass is 10.1. The molecule has 4 N–H and O–H groups in total. The maximum Gasteiger partial charge on any atom is 0.250 e. The van der Waals surface area contributed by atoms with Gasteiger partial charge in [0.05, 0.1) is 5.57 Å². The van der Waals surface area contributed by atoms with Gasteiger partial charge in [0, 0.05) is 18.6 Å². The highest BCUT2D eigenvalue weighted by atomic mass is 16.1. The van der Waals surface area contributed by atoms with Crippen molar-refractivity contribution in [3.8, 4) is 0 Å². The van der Waals surface area contributed by atoms with Gasteiger partial charge in [-0.15, -0.1) is 0 Å². The summed E-state index contributed by atoms with van der Waals surface area (Å²) in [5.41, 5.74) is 11.4. The van der Waals surface area contributed by atoms with Gasteiger partial charge in [-0.05, 0) is 11.6 Å². The molecule has 18 heavy (non-hydrogen) atoms. The quantitative estimate of drug-likeness (QED) is 0.766.